The van der Waals surface area contributed by atoms with E-state index in [0.29, 0.717) is 12.6 Å². The van der Waals surface area contributed by atoms with Crippen LogP contribution in [0.1, 0.15) is 25.8 Å². The predicted molar refractivity (Wildman–Crippen MR) is 75.4 cm³/mol. The third kappa shape index (κ3) is 5.51. The minimum Gasteiger partial charge on any atom is -0.492 e. The number of benzene rings is 1. The summed E-state index contributed by atoms with van der Waals surface area (Å²) in [6.45, 7) is 5.34. The predicted octanol–water partition coefficient (Wildman–Crippen LogP) is 2.20. The SMILES string of the molecule is CC(C)NCc1ccc(OCCC(N)=O)c(Br)c1. The van der Waals surface area contributed by atoms with E-state index in [-0.39, 0.29) is 12.3 Å². The second-order valence-corrected chi connectivity index (χ2v) is 5.22. The first kappa shape index (κ1) is 15.0. The molecular formula is C13H19BrN2O2. The van der Waals surface area contributed by atoms with Crippen molar-refractivity contribution in [2.75, 3.05) is 6.61 Å². The normalized spacial score (nSPS) is 10.7. The highest BCUT2D eigenvalue weighted by Gasteiger charge is 2.04. The molecule has 1 aromatic carbocycles. The summed E-state index contributed by atoms with van der Waals surface area (Å²) in [7, 11) is 0. The Kier molecular flexibility index (Phi) is 6.15. The monoisotopic (exact) mass is 314 g/mol. The number of amides is 1. The van der Waals surface area contributed by atoms with Crippen molar-refractivity contribution >= 4 is 21.8 Å². The fraction of sp³-hybridized carbons (Fsp3) is 0.462. The van der Waals surface area contributed by atoms with Gasteiger partial charge in [-0.3, -0.25) is 4.79 Å². The number of carbonyl (C=O) groups excluding carboxylic acids is 1. The number of rotatable bonds is 7. The summed E-state index contributed by atoms with van der Waals surface area (Å²) in [6.07, 6.45) is 0.225. The molecule has 0 radical (unpaired) electrons. The van der Waals surface area contributed by atoms with Crippen LogP contribution < -0.4 is 15.8 Å². The van der Waals surface area contributed by atoms with Gasteiger partial charge in [-0.2, -0.15) is 0 Å². The molecule has 0 bridgehead atoms. The van der Waals surface area contributed by atoms with Crippen molar-refractivity contribution in [1.29, 1.82) is 0 Å². The van der Waals surface area contributed by atoms with E-state index in [4.69, 9.17) is 10.5 Å². The third-order valence-electron chi connectivity index (χ3n) is 2.32. The van der Waals surface area contributed by atoms with Gasteiger partial charge in [0.25, 0.3) is 0 Å². The fourth-order valence-electron chi connectivity index (χ4n) is 1.35. The van der Waals surface area contributed by atoms with Crippen LogP contribution in [0.25, 0.3) is 0 Å². The minimum absolute atomic E-state index is 0.225. The molecule has 18 heavy (non-hydrogen) atoms. The second kappa shape index (κ2) is 7.38. The Morgan fingerprint density at radius 1 is 1.50 bits per heavy atom. The van der Waals surface area contributed by atoms with E-state index in [1.807, 2.05) is 18.2 Å². The highest BCUT2D eigenvalue weighted by Crippen LogP contribution is 2.26. The van der Waals surface area contributed by atoms with Gasteiger partial charge in [0.15, 0.2) is 0 Å². The van der Waals surface area contributed by atoms with Crippen LogP contribution in [0.15, 0.2) is 22.7 Å². The van der Waals surface area contributed by atoms with E-state index in [2.05, 4.69) is 35.1 Å². The third-order valence-corrected chi connectivity index (χ3v) is 2.94. The summed E-state index contributed by atoms with van der Waals surface area (Å²) < 4.78 is 6.34. The van der Waals surface area contributed by atoms with E-state index in [9.17, 15) is 4.79 Å². The molecule has 0 fully saturated rings. The molecule has 0 heterocycles. The van der Waals surface area contributed by atoms with Crippen LogP contribution >= 0.6 is 15.9 Å². The number of hydrogen-bond acceptors (Lipinski definition) is 3. The highest BCUT2D eigenvalue weighted by atomic mass is 79.9. The molecule has 0 aliphatic rings. The van der Waals surface area contributed by atoms with Gasteiger partial charge in [0, 0.05) is 12.6 Å². The minimum atomic E-state index is -0.358. The van der Waals surface area contributed by atoms with Crippen LogP contribution in [-0.2, 0) is 11.3 Å². The molecule has 0 unspecified atom stereocenters. The Balaban J connectivity index is 2.53. The maximum absolute atomic E-state index is 10.6. The van der Waals surface area contributed by atoms with Crippen LogP contribution in [-0.4, -0.2) is 18.6 Å². The number of halogens is 1. The van der Waals surface area contributed by atoms with E-state index >= 15 is 0 Å². The van der Waals surface area contributed by atoms with Crippen LogP contribution in [0.5, 0.6) is 5.75 Å². The van der Waals surface area contributed by atoms with E-state index in [1.165, 1.54) is 5.56 Å². The standard InChI is InChI=1S/C13H19BrN2O2/c1-9(2)16-8-10-3-4-12(11(14)7-10)18-6-5-13(15)17/h3-4,7,9,16H,5-6,8H2,1-2H3,(H2,15,17). The van der Waals surface area contributed by atoms with Crippen LogP contribution in [0.2, 0.25) is 0 Å². The average Bonchev–Trinajstić information content (AvgIpc) is 2.28. The van der Waals surface area contributed by atoms with Crippen molar-refractivity contribution < 1.29 is 9.53 Å². The zero-order valence-corrected chi connectivity index (χ0v) is 12.3. The highest BCUT2D eigenvalue weighted by molar-refractivity contribution is 9.10. The van der Waals surface area contributed by atoms with Gasteiger partial charge >= 0.3 is 0 Å². The van der Waals surface area contributed by atoms with Gasteiger partial charge < -0.3 is 15.8 Å². The van der Waals surface area contributed by atoms with E-state index in [0.717, 1.165) is 16.8 Å². The number of nitrogens with one attached hydrogen (secondary N) is 1. The topological polar surface area (TPSA) is 64.3 Å². The molecule has 100 valence electrons. The number of hydrogen-bond donors (Lipinski definition) is 2. The van der Waals surface area contributed by atoms with Gasteiger partial charge in [-0.25, -0.2) is 0 Å². The molecule has 0 saturated carbocycles. The number of nitrogens with two attached hydrogens (primary N) is 1. The first-order chi connectivity index (χ1) is 8.49. The summed E-state index contributed by atoms with van der Waals surface area (Å²) >= 11 is 3.45. The van der Waals surface area contributed by atoms with Gasteiger partial charge in [-0.1, -0.05) is 19.9 Å². The molecule has 0 aliphatic heterocycles. The molecule has 3 N–H and O–H groups in total. The second-order valence-electron chi connectivity index (χ2n) is 4.37. The molecule has 1 rings (SSSR count). The van der Waals surface area contributed by atoms with Crippen molar-refractivity contribution in [3.05, 3.63) is 28.2 Å². The van der Waals surface area contributed by atoms with Crippen molar-refractivity contribution in [2.24, 2.45) is 5.73 Å². The molecule has 0 aromatic heterocycles. The number of primary amides is 1. The Hall–Kier alpha value is -1.07. The lowest BCUT2D eigenvalue weighted by molar-refractivity contribution is -0.118. The van der Waals surface area contributed by atoms with Gasteiger partial charge in [0.2, 0.25) is 5.91 Å². The average molecular weight is 315 g/mol. The molecule has 0 spiro atoms. The van der Waals surface area contributed by atoms with E-state index < -0.39 is 0 Å². The van der Waals surface area contributed by atoms with E-state index in [1.54, 1.807) is 0 Å². The zero-order valence-electron chi connectivity index (χ0n) is 10.7. The van der Waals surface area contributed by atoms with Crippen molar-refractivity contribution in [2.45, 2.75) is 32.9 Å². The molecular weight excluding hydrogens is 296 g/mol. The first-order valence-electron chi connectivity index (χ1n) is 5.92. The number of ether oxygens (including phenoxy) is 1. The lowest BCUT2D eigenvalue weighted by Gasteiger charge is -2.11. The largest absolute Gasteiger partial charge is 0.492 e. The Labute approximate surface area is 116 Å². The molecule has 5 heteroatoms. The van der Waals surface area contributed by atoms with Crippen molar-refractivity contribution in [1.82, 2.24) is 5.32 Å². The molecule has 0 saturated heterocycles. The maximum Gasteiger partial charge on any atom is 0.220 e. The van der Waals surface area contributed by atoms with Crippen LogP contribution in [0.4, 0.5) is 0 Å². The summed E-state index contributed by atoms with van der Waals surface area (Å²) in [5.74, 6) is 0.369. The smallest absolute Gasteiger partial charge is 0.220 e. The van der Waals surface area contributed by atoms with Gasteiger partial charge in [0.1, 0.15) is 5.75 Å². The lowest BCUT2D eigenvalue weighted by Crippen LogP contribution is -2.21. The maximum atomic E-state index is 10.6. The Bertz CT molecular complexity index is 408. The zero-order chi connectivity index (χ0) is 13.5. The van der Waals surface area contributed by atoms with Crippen LogP contribution in [0.3, 0.4) is 0 Å². The van der Waals surface area contributed by atoms with Gasteiger partial charge in [-0.05, 0) is 33.6 Å². The van der Waals surface area contributed by atoms with Crippen molar-refractivity contribution in [3.8, 4) is 5.75 Å². The van der Waals surface area contributed by atoms with Gasteiger partial charge in [-0.15, -0.1) is 0 Å². The quantitative estimate of drug-likeness (QED) is 0.811. The lowest BCUT2D eigenvalue weighted by atomic mass is 10.2. The molecule has 0 aliphatic carbocycles. The Morgan fingerprint density at radius 2 is 2.22 bits per heavy atom. The molecule has 0 atom stereocenters. The van der Waals surface area contributed by atoms with Crippen molar-refractivity contribution in [3.63, 3.8) is 0 Å². The molecule has 1 amide bonds. The fourth-order valence-corrected chi connectivity index (χ4v) is 1.90. The number of carbonyl (C=O) groups is 1. The summed E-state index contributed by atoms with van der Waals surface area (Å²) in [4.78, 5) is 10.6. The summed E-state index contributed by atoms with van der Waals surface area (Å²) in [5.41, 5.74) is 6.23. The Morgan fingerprint density at radius 3 is 2.78 bits per heavy atom. The summed E-state index contributed by atoms with van der Waals surface area (Å²) in [6, 6.07) is 6.35. The van der Waals surface area contributed by atoms with Crippen LogP contribution in [0, 0.1) is 0 Å². The van der Waals surface area contributed by atoms with Gasteiger partial charge in [0.05, 0.1) is 17.5 Å². The summed E-state index contributed by atoms with van der Waals surface area (Å²) in [5, 5.41) is 3.34. The molecule has 4 nitrogen and oxygen atoms in total. The first-order valence-corrected chi connectivity index (χ1v) is 6.71. The molecule has 1 aromatic rings.